The smallest absolute Gasteiger partial charge is 0.191 e. The Kier molecular flexibility index (Phi) is 8.75. The number of nitrogens with zero attached hydrogens (tertiary/aromatic N) is 2. The standard InChI is InChI=1S/C19H30N4O3/c1-4-15(5-2)18-12-17(26-23-18)13-22-19(20-3)21-9-7-10-24-14-16-8-6-11-25-16/h6,8,11-12,15H,4-5,7,9-10,13-14H2,1-3H3,(H2,20,21,22). The van der Waals surface area contributed by atoms with Crippen LogP contribution in [0.4, 0.5) is 0 Å². The highest BCUT2D eigenvalue weighted by Gasteiger charge is 2.13. The van der Waals surface area contributed by atoms with Crippen LogP contribution in [0.1, 0.15) is 56.2 Å². The van der Waals surface area contributed by atoms with E-state index in [-0.39, 0.29) is 0 Å². The molecule has 2 rings (SSSR count). The summed E-state index contributed by atoms with van der Waals surface area (Å²) >= 11 is 0. The molecule has 0 saturated carbocycles. The van der Waals surface area contributed by atoms with Gasteiger partial charge in [0.25, 0.3) is 0 Å². The quantitative estimate of drug-likeness (QED) is 0.362. The SMILES string of the molecule is CCC(CC)c1cc(CNC(=NC)NCCCOCc2ccco2)on1. The van der Waals surface area contributed by atoms with Gasteiger partial charge in [0.15, 0.2) is 11.7 Å². The third kappa shape index (κ3) is 6.55. The van der Waals surface area contributed by atoms with Gasteiger partial charge in [-0.2, -0.15) is 0 Å². The largest absolute Gasteiger partial charge is 0.467 e. The van der Waals surface area contributed by atoms with E-state index in [1.807, 2.05) is 18.2 Å². The van der Waals surface area contributed by atoms with E-state index in [9.17, 15) is 0 Å². The molecule has 0 amide bonds. The predicted octanol–water partition coefficient (Wildman–Crippen LogP) is 3.44. The van der Waals surface area contributed by atoms with Crippen LogP contribution in [0.3, 0.4) is 0 Å². The minimum atomic E-state index is 0.464. The molecule has 2 heterocycles. The summed E-state index contributed by atoms with van der Waals surface area (Å²) in [5.74, 6) is 2.86. The second-order valence-electron chi connectivity index (χ2n) is 6.07. The van der Waals surface area contributed by atoms with Crippen LogP contribution < -0.4 is 10.6 Å². The van der Waals surface area contributed by atoms with Crippen LogP contribution in [0, 0.1) is 0 Å². The molecule has 2 N–H and O–H groups in total. The molecule has 0 aromatic carbocycles. The third-order valence-electron chi connectivity index (χ3n) is 4.22. The van der Waals surface area contributed by atoms with E-state index in [4.69, 9.17) is 13.7 Å². The van der Waals surface area contributed by atoms with Gasteiger partial charge in [-0.25, -0.2) is 0 Å². The molecule has 0 atom stereocenters. The molecule has 2 aromatic heterocycles. The van der Waals surface area contributed by atoms with Gasteiger partial charge in [-0.15, -0.1) is 0 Å². The lowest BCUT2D eigenvalue weighted by Crippen LogP contribution is -2.37. The summed E-state index contributed by atoms with van der Waals surface area (Å²) in [7, 11) is 1.75. The summed E-state index contributed by atoms with van der Waals surface area (Å²) in [6.45, 7) is 6.83. The van der Waals surface area contributed by atoms with Gasteiger partial charge in [0.05, 0.1) is 18.5 Å². The fraction of sp³-hybridized carbons (Fsp3) is 0.579. The fourth-order valence-electron chi connectivity index (χ4n) is 2.65. The molecule has 7 nitrogen and oxygen atoms in total. The van der Waals surface area contributed by atoms with Crippen molar-refractivity contribution in [3.8, 4) is 0 Å². The Bertz CT molecular complexity index is 633. The second-order valence-corrected chi connectivity index (χ2v) is 6.07. The maximum absolute atomic E-state index is 5.55. The predicted molar refractivity (Wildman–Crippen MR) is 101 cm³/mol. The first-order valence-electron chi connectivity index (χ1n) is 9.26. The lowest BCUT2D eigenvalue weighted by atomic mass is 9.99. The third-order valence-corrected chi connectivity index (χ3v) is 4.22. The fourth-order valence-corrected chi connectivity index (χ4v) is 2.65. The molecule has 0 radical (unpaired) electrons. The van der Waals surface area contributed by atoms with Crippen molar-refractivity contribution < 1.29 is 13.7 Å². The Morgan fingerprint density at radius 1 is 1.27 bits per heavy atom. The highest BCUT2D eigenvalue weighted by Crippen LogP contribution is 2.22. The molecular weight excluding hydrogens is 332 g/mol. The van der Waals surface area contributed by atoms with Crippen molar-refractivity contribution in [3.05, 3.63) is 41.7 Å². The minimum Gasteiger partial charge on any atom is -0.467 e. The summed E-state index contributed by atoms with van der Waals surface area (Å²) in [6, 6.07) is 5.79. The molecule has 0 bridgehead atoms. The van der Waals surface area contributed by atoms with E-state index in [1.54, 1.807) is 13.3 Å². The van der Waals surface area contributed by atoms with Crippen molar-refractivity contribution in [2.45, 2.75) is 52.2 Å². The highest BCUT2D eigenvalue weighted by atomic mass is 16.5. The van der Waals surface area contributed by atoms with E-state index < -0.39 is 0 Å². The Balaban J connectivity index is 1.61. The second kappa shape index (κ2) is 11.4. The van der Waals surface area contributed by atoms with Crippen molar-refractivity contribution >= 4 is 5.96 Å². The summed E-state index contributed by atoms with van der Waals surface area (Å²) in [6.07, 6.45) is 4.67. The van der Waals surface area contributed by atoms with Crippen molar-refractivity contribution in [1.29, 1.82) is 0 Å². The number of aliphatic imine (C=N–C) groups is 1. The molecule has 144 valence electrons. The molecular formula is C19H30N4O3. The van der Waals surface area contributed by atoms with E-state index in [0.717, 1.165) is 49.0 Å². The topological polar surface area (TPSA) is 84.8 Å². The summed E-state index contributed by atoms with van der Waals surface area (Å²) < 4.78 is 16.2. The zero-order valence-corrected chi connectivity index (χ0v) is 16.0. The molecule has 0 spiro atoms. The van der Waals surface area contributed by atoms with E-state index in [1.165, 1.54) is 0 Å². The van der Waals surface area contributed by atoms with Crippen LogP contribution >= 0.6 is 0 Å². The Labute approximate surface area is 155 Å². The molecule has 0 aliphatic heterocycles. The maximum Gasteiger partial charge on any atom is 0.191 e. The number of furan rings is 1. The van der Waals surface area contributed by atoms with Gasteiger partial charge in [-0.1, -0.05) is 19.0 Å². The lowest BCUT2D eigenvalue weighted by Gasteiger charge is -2.10. The van der Waals surface area contributed by atoms with E-state index >= 15 is 0 Å². The zero-order chi connectivity index (χ0) is 18.6. The molecule has 26 heavy (non-hydrogen) atoms. The normalized spacial score (nSPS) is 11.9. The number of nitrogens with one attached hydrogen (secondary N) is 2. The van der Waals surface area contributed by atoms with Crippen LogP contribution in [-0.4, -0.2) is 31.3 Å². The van der Waals surface area contributed by atoms with E-state index in [2.05, 4.69) is 34.6 Å². The van der Waals surface area contributed by atoms with Gasteiger partial charge in [0, 0.05) is 32.2 Å². The van der Waals surface area contributed by atoms with Crippen LogP contribution in [0.2, 0.25) is 0 Å². The molecule has 7 heteroatoms. The van der Waals surface area contributed by atoms with E-state index in [0.29, 0.717) is 25.7 Å². The van der Waals surface area contributed by atoms with Crippen LogP contribution in [0.15, 0.2) is 38.4 Å². The zero-order valence-electron chi connectivity index (χ0n) is 16.0. The van der Waals surface area contributed by atoms with Gasteiger partial charge in [-0.3, -0.25) is 4.99 Å². The minimum absolute atomic E-state index is 0.464. The average Bonchev–Trinajstić information content (AvgIpc) is 3.34. The summed E-state index contributed by atoms with van der Waals surface area (Å²) in [4.78, 5) is 4.21. The highest BCUT2D eigenvalue weighted by molar-refractivity contribution is 5.79. The first-order valence-corrected chi connectivity index (χ1v) is 9.26. The van der Waals surface area contributed by atoms with Gasteiger partial charge in [0.1, 0.15) is 12.4 Å². The van der Waals surface area contributed by atoms with Gasteiger partial charge < -0.3 is 24.3 Å². The summed E-state index contributed by atoms with van der Waals surface area (Å²) in [5.41, 5.74) is 1.03. The van der Waals surface area contributed by atoms with Crippen LogP contribution in [0.25, 0.3) is 0 Å². The van der Waals surface area contributed by atoms with Crippen molar-refractivity contribution in [2.75, 3.05) is 20.2 Å². The number of ether oxygens (including phenoxy) is 1. The summed E-state index contributed by atoms with van der Waals surface area (Å²) in [5, 5.41) is 10.7. The first-order chi connectivity index (χ1) is 12.8. The van der Waals surface area contributed by atoms with Crippen molar-refractivity contribution in [1.82, 2.24) is 15.8 Å². The van der Waals surface area contributed by atoms with Gasteiger partial charge in [-0.05, 0) is 31.4 Å². The number of aromatic nitrogens is 1. The monoisotopic (exact) mass is 362 g/mol. The first kappa shape index (κ1) is 20.0. The average molecular weight is 362 g/mol. The molecule has 2 aromatic rings. The molecule has 0 unspecified atom stereocenters. The maximum atomic E-state index is 5.55. The number of rotatable bonds is 11. The van der Waals surface area contributed by atoms with Crippen molar-refractivity contribution in [3.63, 3.8) is 0 Å². The van der Waals surface area contributed by atoms with Gasteiger partial charge in [0.2, 0.25) is 0 Å². The Morgan fingerprint density at radius 3 is 2.81 bits per heavy atom. The Hall–Kier alpha value is -2.28. The van der Waals surface area contributed by atoms with Gasteiger partial charge >= 0.3 is 0 Å². The van der Waals surface area contributed by atoms with Crippen LogP contribution in [-0.2, 0) is 17.9 Å². The molecule has 0 fully saturated rings. The number of guanidine groups is 1. The lowest BCUT2D eigenvalue weighted by molar-refractivity contribution is 0.105. The molecule has 0 aliphatic carbocycles. The molecule has 0 saturated heterocycles. The number of hydrogen-bond donors (Lipinski definition) is 2. The van der Waals surface area contributed by atoms with Crippen LogP contribution in [0.5, 0.6) is 0 Å². The number of hydrogen-bond acceptors (Lipinski definition) is 5. The Morgan fingerprint density at radius 2 is 2.12 bits per heavy atom. The molecule has 0 aliphatic rings. The van der Waals surface area contributed by atoms with Crippen molar-refractivity contribution in [2.24, 2.45) is 4.99 Å².